The van der Waals surface area contributed by atoms with Gasteiger partial charge in [0, 0.05) is 11.5 Å². The molecule has 0 spiro atoms. The number of nitriles is 1. The third-order valence-corrected chi connectivity index (χ3v) is 3.50. The molecule has 2 aromatic carbocycles. The van der Waals surface area contributed by atoms with E-state index >= 15 is 0 Å². The van der Waals surface area contributed by atoms with Crippen LogP contribution >= 0.6 is 0 Å². The first-order chi connectivity index (χ1) is 10.7. The fourth-order valence-electron chi connectivity index (χ4n) is 2.48. The van der Waals surface area contributed by atoms with Gasteiger partial charge in [-0.1, -0.05) is 30.3 Å². The van der Waals surface area contributed by atoms with Crippen LogP contribution in [-0.4, -0.2) is 6.61 Å². The molecule has 0 fully saturated rings. The Kier molecular flexibility index (Phi) is 3.63. The average Bonchev–Trinajstić information content (AvgIpc) is 2.53. The standard InChI is InChI=1S/C18H13NO3/c1-12-15-8-7-14(21-10-9-19)11-16(15)22-18(20)17(12)13-5-3-2-4-6-13/h2-8,11H,10H2,1H3. The SMILES string of the molecule is Cc1c(-c2ccccc2)c(=O)oc2cc(OCC#N)ccc12. The largest absolute Gasteiger partial charge is 0.479 e. The van der Waals surface area contributed by atoms with Crippen molar-refractivity contribution in [1.29, 1.82) is 5.26 Å². The topological polar surface area (TPSA) is 63.2 Å². The second-order valence-electron chi connectivity index (χ2n) is 4.86. The van der Waals surface area contributed by atoms with Crippen LogP contribution in [0.2, 0.25) is 0 Å². The van der Waals surface area contributed by atoms with Crippen LogP contribution in [-0.2, 0) is 0 Å². The second kappa shape index (κ2) is 5.74. The summed E-state index contributed by atoms with van der Waals surface area (Å²) in [5.41, 5.74) is 2.34. The van der Waals surface area contributed by atoms with E-state index < -0.39 is 0 Å². The van der Waals surface area contributed by atoms with Gasteiger partial charge >= 0.3 is 5.63 Å². The van der Waals surface area contributed by atoms with Crippen LogP contribution in [0.4, 0.5) is 0 Å². The van der Waals surface area contributed by atoms with Crippen molar-refractivity contribution in [2.75, 3.05) is 6.61 Å². The molecular weight excluding hydrogens is 278 g/mol. The van der Waals surface area contributed by atoms with Crippen molar-refractivity contribution in [3.05, 3.63) is 64.5 Å². The number of aryl methyl sites for hydroxylation is 1. The van der Waals surface area contributed by atoms with Gasteiger partial charge in [0.1, 0.15) is 17.4 Å². The number of rotatable bonds is 3. The van der Waals surface area contributed by atoms with Gasteiger partial charge in [0.25, 0.3) is 0 Å². The summed E-state index contributed by atoms with van der Waals surface area (Å²) in [7, 11) is 0. The van der Waals surface area contributed by atoms with Gasteiger partial charge in [-0.3, -0.25) is 0 Å². The summed E-state index contributed by atoms with van der Waals surface area (Å²) < 4.78 is 10.7. The van der Waals surface area contributed by atoms with Gasteiger partial charge in [-0.2, -0.15) is 5.26 Å². The summed E-state index contributed by atoms with van der Waals surface area (Å²) in [6.07, 6.45) is 0. The van der Waals surface area contributed by atoms with Gasteiger partial charge in [0.2, 0.25) is 0 Å². The molecular formula is C18H13NO3. The first kappa shape index (κ1) is 13.9. The second-order valence-corrected chi connectivity index (χ2v) is 4.86. The minimum Gasteiger partial charge on any atom is -0.479 e. The first-order valence-electron chi connectivity index (χ1n) is 6.83. The van der Waals surface area contributed by atoms with Crippen molar-refractivity contribution in [2.24, 2.45) is 0 Å². The summed E-state index contributed by atoms with van der Waals surface area (Å²) in [5, 5.41) is 9.39. The minimum absolute atomic E-state index is 0.0448. The van der Waals surface area contributed by atoms with E-state index in [1.54, 1.807) is 12.1 Å². The lowest BCUT2D eigenvalue weighted by atomic mass is 10.00. The van der Waals surface area contributed by atoms with Gasteiger partial charge < -0.3 is 9.15 Å². The summed E-state index contributed by atoms with van der Waals surface area (Å²) in [4.78, 5) is 12.3. The van der Waals surface area contributed by atoms with Crippen molar-refractivity contribution in [3.63, 3.8) is 0 Å². The molecule has 3 aromatic rings. The highest BCUT2D eigenvalue weighted by Gasteiger charge is 2.13. The van der Waals surface area contributed by atoms with Gasteiger partial charge in [-0.25, -0.2) is 4.79 Å². The van der Waals surface area contributed by atoms with E-state index in [0.717, 1.165) is 16.5 Å². The molecule has 0 bridgehead atoms. The molecule has 0 atom stereocenters. The highest BCUT2D eigenvalue weighted by atomic mass is 16.5. The van der Waals surface area contributed by atoms with Crippen molar-refractivity contribution in [2.45, 2.75) is 6.92 Å². The molecule has 3 rings (SSSR count). The monoisotopic (exact) mass is 291 g/mol. The molecule has 0 saturated heterocycles. The molecule has 0 radical (unpaired) electrons. The fraction of sp³-hybridized carbons (Fsp3) is 0.111. The Bertz CT molecular complexity index is 921. The molecule has 0 N–H and O–H groups in total. The molecule has 0 amide bonds. The smallest absolute Gasteiger partial charge is 0.344 e. The highest BCUT2D eigenvalue weighted by Crippen LogP contribution is 2.28. The van der Waals surface area contributed by atoms with Gasteiger partial charge in [0.15, 0.2) is 6.61 Å². The van der Waals surface area contributed by atoms with E-state index in [9.17, 15) is 4.79 Å². The molecule has 4 heteroatoms. The Morgan fingerprint density at radius 1 is 1.18 bits per heavy atom. The highest BCUT2D eigenvalue weighted by molar-refractivity contribution is 5.87. The Labute approximate surface area is 127 Å². The van der Waals surface area contributed by atoms with Crippen LogP contribution in [0.1, 0.15) is 5.56 Å². The van der Waals surface area contributed by atoms with Crippen molar-refractivity contribution < 1.29 is 9.15 Å². The lowest BCUT2D eigenvalue weighted by Gasteiger charge is -2.09. The third-order valence-electron chi connectivity index (χ3n) is 3.50. The lowest BCUT2D eigenvalue weighted by molar-refractivity contribution is 0.368. The van der Waals surface area contributed by atoms with E-state index in [4.69, 9.17) is 14.4 Å². The van der Waals surface area contributed by atoms with E-state index in [1.165, 1.54) is 0 Å². The molecule has 108 valence electrons. The normalized spacial score (nSPS) is 10.4. The number of ether oxygens (including phenoxy) is 1. The van der Waals surface area contributed by atoms with E-state index in [1.807, 2.05) is 49.4 Å². The molecule has 22 heavy (non-hydrogen) atoms. The fourth-order valence-corrected chi connectivity index (χ4v) is 2.48. The van der Waals surface area contributed by atoms with E-state index in [-0.39, 0.29) is 12.2 Å². The van der Waals surface area contributed by atoms with Crippen molar-refractivity contribution >= 4 is 11.0 Å². The van der Waals surface area contributed by atoms with Crippen LogP contribution in [0.3, 0.4) is 0 Å². The average molecular weight is 291 g/mol. The van der Waals surface area contributed by atoms with Crippen LogP contribution in [0.25, 0.3) is 22.1 Å². The molecule has 0 unspecified atom stereocenters. The molecule has 0 saturated carbocycles. The minimum atomic E-state index is -0.381. The number of hydrogen-bond acceptors (Lipinski definition) is 4. The lowest BCUT2D eigenvalue weighted by Crippen LogP contribution is -2.06. The maximum atomic E-state index is 12.3. The number of benzene rings is 2. The molecule has 0 aliphatic carbocycles. The van der Waals surface area contributed by atoms with Gasteiger partial charge in [-0.15, -0.1) is 0 Å². The predicted octanol–water partition coefficient (Wildman–Crippen LogP) is 3.67. The summed E-state index contributed by atoms with van der Waals surface area (Å²) in [6.45, 7) is 1.86. The Hall–Kier alpha value is -3.06. The molecule has 0 aliphatic heterocycles. The van der Waals surface area contributed by atoms with Gasteiger partial charge in [-0.05, 0) is 30.2 Å². The van der Waals surface area contributed by atoms with E-state index in [0.29, 0.717) is 16.9 Å². The van der Waals surface area contributed by atoms with Gasteiger partial charge in [0.05, 0.1) is 5.56 Å². The zero-order chi connectivity index (χ0) is 15.5. The maximum absolute atomic E-state index is 12.3. The molecule has 1 heterocycles. The maximum Gasteiger partial charge on any atom is 0.344 e. The zero-order valence-corrected chi connectivity index (χ0v) is 12.0. The number of nitrogens with zero attached hydrogens (tertiary/aromatic N) is 1. The Morgan fingerprint density at radius 2 is 1.95 bits per heavy atom. The van der Waals surface area contributed by atoms with Crippen LogP contribution < -0.4 is 10.4 Å². The molecule has 0 aliphatic rings. The number of fused-ring (bicyclic) bond motifs is 1. The third kappa shape index (κ3) is 2.45. The summed E-state index contributed by atoms with van der Waals surface area (Å²) in [5.74, 6) is 0.504. The van der Waals surface area contributed by atoms with Crippen molar-refractivity contribution in [3.8, 4) is 22.9 Å². The Balaban J connectivity index is 2.18. The summed E-state index contributed by atoms with van der Waals surface area (Å²) >= 11 is 0. The van der Waals surface area contributed by atoms with Crippen molar-refractivity contribution in [1.82, 2.24) is 0 Å². The van der Waals surface area contributed by atoms with Crippen LogP contribution in [0.15, 0.2) is 57.7 Å². The predicted molar refractivity (Wildman–Crippen MR) is 83.8 cm³/mol. The summed E-state index contributed by atoms with van der Waals surface area (Å²) in [6, 6.07) is 16.6. The molecule has 1 aromatic heterocycles. The Morgan fingerprint density at radius 3 is 2.68 bits per heavy atom. The molecule has 4 nitrogen and oxygen atoms in total. The zero-order valence-electron chi connectivity index (χ0n) is 12.0. The quantitative estimate of drug-likeness (QED) is 0.691. The van der Waals surface area contributed by atoms with Crippen LogP contribution in [0, 0.1) is 18.3 Å². The first-order valence-corrected chi connectivity index (χ1v) is 6.83. The number of hydrogen-bond donors (Lipinski definition) is 0. The van der Waals surface area contributed by atoms with Crippen LogP contribution in [0.5, 0.6) is 5.75 Å². The van der Waals surface area contributed by atoms with E-state index in [2.05, 4.69) is 0 Å².